The van der Waals surface area contributed by atoms with Gasteiger partial charge in [0.2, 0.25) is 5.88 Å². The highest BCUT2D eigenvalue weighted by Gasteiger charge is 2.09. The van der Waals surface area contributed by atoms with Gasteiger partial charge in [0.25, 0.3) is 0 Å². The van der Waals surface area contributed by atoms with Crippen molar-refractivity contribution < 1.29 is 14.8 Å². The van der Waals surface area contributed by atoms with E-state index in [2.05, 4.69) is 52.1 Å². The highest BCUT2D eigenvalue weighted by atomic mass is 79.9. The van der Waals surface area contributed by atoms with Crippen LogP contribution in [0.2, 0.25) is 0 Å². The van der Waals surface area contributed by atoms with Gasteiger partial charge in [0.15, 0.2) is 0 Å². The first kappa shape index (κ1) is 23.8. The van der Waals surface area contributed by atoms with Gasteiger partial charge in [0.05, 0.1) is 19.1 Å². The molecule has 0 fully saturated rings. The van der Waals surface area contributed by atoms with Crippen LogP contribution in [0.15, 0.2) is 83.7 Å². The predicted molar refractivity (Wildman–Crippen MR) is 132 cm³/mol. The quantitative estimate of drug-likeness (QED) is 0.393. The van der Waals surface area contributed by atoms with Crippen molar-refractivity contribution in [1.29, 1.82) is 0 Å². The lowest BCUT2D eigenvalue weighted by Crippen LogP contribution is -2.29. The zero-order chi connectivity index (χ0) is 23.1. The van der Waals surface area contributed by atoms with Gasteiger partial charge in [0, 0.05) is 4.47 Å². The van der Waals surface area contributed by atoms with E-state index in [1.165, 1.54) is 11.1 Å². The van der Waals surface area contributed by atoms with Crippen LogP contribution in [-0.2, 0) is 6.54 Å². The van der Waals surface area contributed by atoms with E-state index in [9.17, 15) is 0 Å². The minimum absolute atomic E-state index is 0.542. The second-order valence-corrected chi connectivity index (χ2v) is 8.50. The summed E-state index contributed by atoms with van der Waals surface area (Å²) in [6, 6.07) is 21.5. The Morgan fingerprint density at radius 2 is 1.66 bits per heavy atom. The number of halogens is 1. The zero-order valence-corrected chi connectivity index (χ0v) is 20.0. The molecule has 0 aliphatic heterocycles. The van der Waals surface area contributed by atoms with Gasteiger partial charge >= 0.3 is 7.12 Å². The number of imidazole rings is 1. The summed E-state index contributed by atoms with van der Waals surface area (Å²) in [7, 11) is -1.35. The first-order valence-corrected chi connectivity index (χ1v) is 11.0. The van der Waals surface area contributed by atoms with Gasteiger partial charge in [-0.1, -0.05) is 75.6 Å². The van der Waals surface area contributed by atoms with Gasteiger partial charge in [-0.3, -0.25) is 4.57 Å². The fourth-order valence-corrected chi connectivity index (χ4v) is 3.40. The van der Waals surface area contributed by atoms with Crippen molar-refractivity contribution in [3.8, 4) is 11.6 Å². The molecule has 1 aromatic heterocycles. The second-order valence-electron chi connectivity index (χ2n) is 7.65. The van der Waals surface area contributed by atoms with Crippen LogP contribution in [0.25, 0.3) is 0 Å². The summed E-state index contributed by atoms with van der Waals surface area (Å²) >= 11 is 3.50. The standard InChI is InChI=1S/C18H17BrN2O.C7H9BO2/c1-13-4-3-5-15(8-13)11-21-12-20-10-18(21)22-16-6-7-17(19)14(2)9-16;1-6-3-2-4-7(5-6)8(9)10/h3-10,12H,11H2,1-2H3;2-5,9-10H,1H3. The van der Waals surface area contributed by atoms with E-state index >= 15 is 0 Å². The van der Waals surface area contributed by atoms with Gasteiger partial charge in [-0.05, 0) is 55.6 Å². The normalized spacial score (nSPS) is 10.3. The third-order valence-corrected chi connectivity index (χ3v) is 5.69. The summed E-state index contributed by atoms with van der Waals surface area (Å²) < 4.78 is 9.05. The molecular formula is C25H26BBrN2O3. The van der Waals surface area contributed by atoms with Gasteiger partial charge in [-0.15, -0.1) is 0 Å². The van der Waals surface area contributed by atoms with Crippen molar-refractivity contribution in [2.45, 2.75) is 27.3 Å². The minimum Gasteiger partial charge on any atom is -0.439 e. The van der Waals surface area contributed by atoms with Gasteiger partial charge in [-0.25, -0.2) is 4.98 Å². The topological polar surface area (TPSA) is 67.5 Å². The molecule has 4 rings (SSSR count). The van der Waals surface area contributed by atoms with Crippen LogP contribution in [0, 0.1) is 20.8 Å². The third kappa shape index (κ3) is 6.82. The predicted octanol–water partition coefficient (Wildman–Crippen LogP) is 4.78. The smallest absolute Gasteiger partial charge is 0.439 e. The fraction of sp³-hybridized carbons (Fsp3) is 0.160. The van der Waals surface area contributed by atoms with Crippen molar-refractivity contribution in [3.63, 3.8) is 0 Å². The molecule has 0 atom stereocenters. The van der Waals surface area contributed by atoms with Gasteiger partial charge in [0.1, 0.15) is 5.75 Å². The van der Waals surface area contributed by atoms with Crippen LogP contribution in [0.3, 0.4) is 0 Å². The maximum atomic E-state index is 8.70. The SMILES string of the molecule is Cc1cccc(B(O)O)c1.Cc1cccc(Cn2cncc2Oc2ccc(Br)c(C)c2)c1. The van der Waals surface area contributed by atoms with E-state index in [1.807, 2.05) is 42.7 Å². The highest BCUT2D eigenvalue weighted by Crippen LogP contribution is 2.26. The van der Waals surface area contributed by atoms with Crippen molar-refractivity contribution in [2.24, 2.45) is 0 Å². The van der Waals surface area contributed by atoms with Crippen LogP contribution >= 0.6 is 15.9 Å². The number of nitrogens with zero attached hydrogens (tertiary/aromatic N) is 2. The third-order valence-electron chi connectivity index (χ3n) is 4.80. The van der Waals surface area contributed by atoms with Crippen molar-refractivity contribution in [3.05, 3.63) is 106 Å². The lowest BCUT2D eigenvalue weighted by atomic mass is 9.80. The Hall–Kier alpha value is -2.87. The van der Waals surface area contributed by atoms with Crippen LogP contribution in [0.4, 0.5) is 0 Å². The molecular weight excluding hydrogens is 467 g/mol. The van der Waals surface area contributed by atoms with Crippen molar-refractivity contribution in [1.82, 2.24) is 9.55 Å². The Morgan fingerprint density at radius 3 is 2.28 bits per heavy atom. The van der Waals surface area contributed by atoms with E-state index in [4.69, 9.17) is 14.8 Å². The number of aromatic nitrogens is 2. The Balaban J connectivity index is 0.000000243. The molecule has 0 saturated heterocycles. The largest absolute Gasteiger partial charge is 0.488 e. The molecule has 0 spiro atoms. The Kier molecular flexibility index (Phi) is 8.28. The molecule has 5 nitrogen and oxygen atoms in total. The minimum atomic E-state index is -1.35. The fourth-order valence-electron chi connectivity index (χ4n) is 3.15. The molecule has 4 aromatic rings. The number of hydrogen-bond donors (Lipinski definition) is 2. The van der Waals surface area contributed by atoms with E-state index in [0.717, 1.165) is 33.8 Å². The average molecular weight is 493 g/mol. The molecule has 7 heteroatoms. The maximum Gasteiger partial charge on any atom is 0.488 e. The molecule has 32 heavy (non-hydrogen) atoms. The Labute approximate surface area is 197 Å². The summed E-state index contributed by atoms with van der Waals surface area (Å²) in [5.41, 5.74) is 5.20. The summed E-state index contributed by atoms with van der Waals surface area (Å²) in [4.78, 5) is 4.21. The number of rotatable bonds is 5. The van der Waals surface area contributed by atoms with Crippen molar-refractivity contribution >= 4 is 28.5 Å². The molecule has 164 valence electrons. The van der Waals surface area contributed by atoms with Crippen LogP contribution in [-0.4, -0.2) is 26.7 Å². The molecule has 0 bridgehead atoms. The van der Waals surface area contributed by atoms with Gasteiger partial charge in [-0.2, -0.15) is 0 Å². The summed E-state index contributed by atoms with van der Waals surface area (Å²) in [5.74, 6) is 1.55. The molecule has 2 N–H and O–H groups in total. The average Bonchev–Trinajstić information content (AvgIpc) is 3.18. The van der Waals surface area contributed by atoms with E-state index in [-0.39, 0.29) is 0 Å². The monoisotopic (exact) mass is 492 g/mol. The van der Waals surface area contributed by atoms with Crippen LogP contribution < -0.4 is 10.2 Å². The van der Waals surface area contributed by atoms with E-state index < -0.39 is 7.12 Å². The number of hydrogen-bond acceptors (Lipinski definition) is 4. The number of benzene rings is 3. The Bertz CT molecular complexity index is 1180. The molecule has 3 aromatic carbocycles. The number of ether oxygens (including phenoxy) is 1. The van der Waals surface area contributed by atoms with Crippen molar-refractivity contribution in [2.75, 3.05) is 0 Å². The van der Waals surface area contributed by atoms with Gasteiger partial charge < -0.3 is 14.8 Å². The first-order chi connectivity index (χ1) is 15.3. The summed E-state index contributed by atoms with van der Waals surface area (Å²) in [6.07, 6.45) is 3.54. The molecule has 0 amide bonds. The van der Waals surface area contributed by atoms with E-state index in [1.54, 1.807) is 30.7 Å². The molecule has 0 aliphatic rings. The molecule has 0 radical (unpaired) electrons. The summed E-state index contributed by atoms with van der Waals surface area (Å²) in [5, 5.41) is 17.4. The molecule has 0 saturated carbocycles. The van der Waals surface area contributed by atoms with Crippen LogP contribution in [0.1, 0.15) is 22.3 Å². The van der Waals surface area contributed by atoms with Crippen LogP contribution in [0.5, 0.6) is 11.6 Å². The highest BCUT2D eigenvalue weighted by molar-refractivity contribution is 9.10. The zero-order valence-electron chi connectivity index (χ0n) is 18.4. The number of aryl methyl sites for hydroxylation is 3. The first-order valence-electron chi connectivity index (χ1n) is 10.2. The lowest BCUT2D eigenvalue weighted by molar-refractivity contribution is 0.425. The van der Waals surface area contributed by atoms with E-state index in [0.29, 0.717) is 5.46 Å². The Morgan fingerprint density at radius 1 is 0.938 bits per heavy atom. The molecule has 0 aliphatic carbocycles. The summed E-state index contributed by atoms with van der Waals surface area (Å²) in [6.45, 7) is 6.79. The maximum absolute atomic E-state index is 8.70. The second kappa shape index (κ2) is 11.1. The lowest BCUT2D eigenvalue weighted by Gasteiger charge is -2.11. The molecule has 1 heterocycles. The molecule has 0 unspecified atom stereocenters.